The van der Waals surface area contributed by atoms with Crippen molar-refractivity contribution in [3.63, 3.8) is 0 Å². The summed E-state index contributed by atoms with van der Waals surface area (Å²) >= 11 is 0. The molecule has 0 saturated carbocycles. The number of aldehydes is 1. The number of carbonyl (C=O) groups excluding carboxylic acids is 1. The topological polar surface area (TPSA) is 17.1 Å². The van der Waals surface area contributed by atoms with Gasteiger partial charge in [-0.15, -0.1) is 0 Å². The first-order valence-corrected chi connectivity index (χ1v) is 12.5. The van der Waals surface area contributed by atoms with E-state index < -0.39 is 6.51 Å². The molecule has 0 aliphatic carbocycles. The van der Waals surface area contributed by atoms with Gasteiger partial charge in [-0.05, 0) is 0 Å². The molecule has 10 aliphatic heterocycles. The zero-order valence-electron chi connectivity index (χ0n) is 7.74. The second kappa shape index (κ2) is 0.305. The Labute approximate surface area is 71.9 Å². The van der Waals surface area contributed by atoms with Gasteiger partial charge in [0.05, 0.1) is 0 Å². The van der Waals surface area contributed by atoms with Crippen LogP contribution in [-0.2, 0) is 11.3 Å². The van der Waals surface area contributed by atoms with Crippen molar-refractivity contribution in [3.05, 3.63) is 0 Å². The molecule has 10 heterocycles. The van der Waals surface area contributed by atoms with Gasteiger partial charge in [0.15, 0.2) is 0 Å². The number of hydrogen-bond acceptors (Lipinski definition) is 1. The molecule has 10 fully saturated rings. The van der Waals surface area contributed by atoms with E-state index in [4.69, 9.17) is 0 Å². The quantitative estimate of drug-likeness (QED) is 0.523. The zero-order valence-corrected chi connectivity index (χ0v) is 8.85. The van der Waals surface area contributed by atoms with Crippen LogP contribution in [0.1, 0.15) is 6.42 Å². The Morgan fingerprint density at radius 3 is 1.64 bits per heavy atom. The van der Waals surface area contributed by atoms with Gasteiger partial charge in [-0.25, -0.2) is 0 Å². The van der Waals surface area contributed by atoms with E-state index in [0.29, 0.717) is 0 Å². The summed E-state index contributed by atoms with van der Waals surface area (Å²) in [5, 5.41) is 0. The maximum atomic E-state index is 11.0. The maximum absolute atomic E-state index is 11.0. The van der Waals surface area contributed by atoms with Crippen LogP contribution in [0.4, 0.5) is 0 Å². The number of hydrogen-bond donors (Lipinski definition) is 0. The summed E-state index contributed by atoms with van der Waals surface area (Å²) in [5.41, 5.74) is 0. The first-order chi connectivity index (χ1) is 6.61. The third-order valence-corrected chi connectivity index (χ3v) is 58.4. The molecule has 0 bridgehead atoms. The third-order valence-electron chi connectivity index (χ3n) is 15.4. The van der Waals surface area contributed by atoms with Crippen LogP contribution >= 0.6 is 0 Å². The molecule has 74 valence electrons. The predicted molar refractivity (Wildman–Crippen MR) is 47.1 cm³/mol. The van der Waals surface area contributed by atoms with Crippen LogP contribution in [-0.4, -0.2) is 6.29 Å². The van der Waals surface area contributed by atoms with Gasteiger partial charge in [0, 0.05) is 0 Å². The molecule has 10 saturated heterocycles. The molecular formula is C12H12FeO. The normalized spacial score (nSPS) is 142. The molecule has 0 aromatic carbocycles. The summed E-state index contributed by atoms with van der Waals surface area (Å²) in [6.45, 7) is -2.77. The van der Waals surface area contributed by atoms with Crippen LogP contribution in [0.5, 0.6) is 0 Å². The molecule has 0 radical (unpaired) electrons. The second-order valence-electron chi connectivity index (χ2n) is 10.2. The van der Waals surface area contributed by atoms with Crippen LogP contribution in [0.15, 0.2) is 0 Å². The van der Waals surface area contributed by atoms with E-state index in [-0.39, 0.29) is 0 Å². The van der Waals surface area contributed by atoms with Crippen molar-refractivity contribution in [2.45, 2.75) is 54.1 Å². The standard InChI is InChI=1S/C7H7O.C5H5.Fe/c8-6-5-7-3-1-2-4-7;1-2-4-5-3-1;/h1-4,6H,5H2;1-5H;. The summed E-state index contributed by atoms with van der Waals surface area (Å²) < 4.78 is 0.876. The van der Waals surface area contributed by atoms with Crippen molar-refractivity contribution in [2.24, 2.45) is 0 Å². The fraction of sp³-hybridized carbons (Fsp3) is 0.917. The molecule has 0 amide bonds. The first-order valence-electron chi connectivity index (χ1n) is 6.26. The van der Waals surface area contributed by atoms with E-state index in [1.54, 1.807) is 0 Å². The molecule has 10 aliphatic rings. The monoisotopic (exact) mass is 228 g/mol. The fourth-order valence-corrected chi connectivity index (χ4v) is 92.3. The van der Waals surface area contributed by atoms with E-state index in [9.17, 15) is 4.79 Å². The Kier molecular flexibility index (Phi) is 0.0999. The van der Waals surface area contributed by atoms with Crippen molar-refractivity contribution in [1.29, 1.82) is 0 Å². The SMILES string of the molecule is O=CC[C]12[CH]3[CH]4[CH]5[CH]1[Fe]45321678[CH]2[CH]1[CH]6[CH]7[CH]28. The van der Waals surface area contributed by atoms with Crippen LogP contribution in [0.3, 0.4) is 0 Å². The van der Waals surface area contributed by atoms with E-state index in [2.05, 4.69) is 0 Å². The van der Waals surface area contributed by atoms with Gasteiger partial charge in [0.2, 0.25) is 0 Å². The number of fused-ring (bicyclic) bond motifs is 10. The van der Waals surface area contributed by atoms with Crippen LogP contribution in [0, 0.1) is 0 Å². The molecule has 1 spiro atoms. The molecule has 0 aromatic rings. The molecular weight excluding hydrogens is 216 g/mol. The van der Waals surface area contributed by atoms with Crippen molar-refractivity contribution in [2.75, 3.05) is 0 Å². The summed E-state index contributed by atoms with van der Waals surface area (Å²) in [4.78, 5) is 23.5. The Morgan fingerprint density at radius 1 is 0.929 bits per heavy atom. The Morgan fingerprint density at radius 2 is 1.43 bits per heavy atom. The average Bonchev–Trinajstić information content (AvgIpc) is 3.14. The summed E-state index contributed by atoms with van der Waals surface area (Å²) in [7, 11) is 0. The Balaban J connectivity index is 1.89. The van der Waals surface area contributed by atoms with Crippen molar-refractivity contribution in [3.8, 4) is 0 Å². The number of rotatable bonds is 2. The summed E-state index contributed by atoms with van der Waals surface area (Å²) in [6, 6.07) is 0. The molecule has 0 N–H and O–H groups in total. The zero-order chi connectivity index (χ0) is 8.43. The van der Waals surface area contributed by atoms with Crippen molar-refractivity contribution >= 4 is 6.29 Å². The van der Waals surface area contributed by atoms with Crippen LogP contribution in [0.25, 0.3) is 0 Å². The third kappa shape index (κ3) is 0.0324. The minimum absolute atomic E-state index is 0.876. The molecule has 1 nitrogen and oxygen atoms in total. The fourth-order valence-electron chi connectivity index (χ4n) is 17.3. The second-order valence-corrected chi connectivity index (χ2v) is 33.9. The molecule has 0 aromatic heterocycles. The van der Waals surface area contributed by atoms with Gasteiger partial charge in [-0.2, -0.15) is 0 Å². The summed E-state index contributed by atoms with van der Waals surface area (Å²) in [6.07, 6.45) is 2.40. The predicted octanol–water partition coefficient (Wildman–Crippen LogP) is 3.33. The van der Waals surface area contributed by atoms with E-state index in [0.717, 1.165) is 10.7 Å². The van der Waals surface area contributed by atoms with Crippen LogP contribution < -0.4 is 0 Å². The molecule has 10 rings (SSSR count). The van der Waals surface area contributed by atoms with Crippen molar-refractivity contribution < 1.29 is 11.3 Å². The van der Waals surface area contributed by atoms with Gasteiger partial charge in [-0.1, -0.05) is 0 Å². The minimum atomic E-state index is -2.77. The van der Waals surface area contributed by atoms with E-state index >= 15 is 0 Å². The first kappa shape index (κ1) is 4.59. The van der Waals surface area contributed by atoms with E-state index in [1.807, 2.05) is 0 Å². The summed E-state index contributed by atoms with van der Waals surface area (Å²) in [5.74, 6) is 0. The van der Waals surface area contributed by atoms with Gasteiger partial charge in [0.25, 0.3) is 0 Å². The van der Waals surface area contributed by atoms with Gasteiger partial charge in [0.1, 0.15) is 0 Å². The van der Waals surface area contributed by atoms with Gasteiger partial charge in [-0.3, -0.25) is 0 Å². The van der Waals surface area contributed by atoms with Gasteiger partial charge >= 0.3 is 71.7 Å². The van der Waals surface area contributed by atoms with E-state index in [1.165, 1.54) is 49.6 Å². The average molecular weight is 228 g/mol. The molecule has 2 heteroatoms. The van der Waals surface area contributed by atoms with Crippen molar-refractivity contribution in [1.82, 2.24) is 0 Å². The van der Waals surface area contributed by atoms with Crippen LogP contribution in [0.2, 0.25) is 47.7 Å². The number of carbonyl (C=O) groups is 1. The molecule has 14 heavy (non-hydrogen) atoms. The van der Waals surface area contributed by atoms with Gasteiger partial charge < -0.3 is 0 Å². The molecule has 4 atom stereocenters. The molecule has 4 unspecified atom stereocenters. The Bertz CT molecular complexity index is 815. The Hall–Kier alpha value is 0.189.